The number of rotatable bonds is 8. The van der Waals surface area contributed by atoms with Gasteiger partial charge in [0.1, 0.15) is 0 Å². The van der Waals surface area contributed by atoms with Gasteiger partial charge in [0.15, 0.2) is 0 Å². The van der Waals surface area contributed by atoms with Gasteiger partial charge in [-0.1, -0.05) is 29.8 Å². The molecule has 0 aliphatic heterocycles. The molecule has 0 radical (unpaired) electrons. The molecule has 5 heteroatoms. The van der Waals surface area contributed by atoms with Crippen molar-refractivity contribution in [1.29, 1.82) is 5.26 Å². The first-order valence-corrected chi connectivity index (χ1v) is 13.1. The Morgan fingerprint density at radius 1 is 1.11 bits per heavy atom. The number of carbonyl (C=O) groups is 1. The van der Waals surface area contributed by atoms with E-state index in [4.69, 9.17) is 0 Å². The number of urea groups is 1. The zero-order valence-electron chi connectivity index (χ0n) is 21.9. The number of nitriles is 1. The molecular weight excluding hydrogens is 432 g/mol. The Morgan fingerprint density at radius 3 is 2.46 bits per heavy atom. The number of carbonyl (C=O) groups excluding carboxylic acids is 1. The van der Waals surface area contributed by atoms with E-state index in [1.807, 2.05) is 36.4 Å². The summed E-state index contributed by atoms with van der Waals surface area (Å²) in [5.74, 6) is 0.580. The van der Waals surface area contributed by atoms with E-state index in [9.17, 15) is 10.1 Å². The highest BCUT2D eigenvalue weighted by Gasteiger charge is 2.58. The van der Waals surface area contributed by atoms with Crippen molar-refractivity contribution in [3.63, 3.8) is 0 Å². The summed E-state index contributed by atoms with van der Waals surface area (Å²) in [4.78, 5) is 18.1. The quantitative estimate of drug-likeness (QED) is 0.488. The van der Waals surface area contributed by atoms with Crippen LogP contribution in [-0.2, 0) is 5.41 Å². The van der Waals surface area contributed by atoms with E-state index in [2.05, 4.69) is 67.9 Å². The lowest BCUT2D eigenvalue weighted by atomic mass is 9.80. The third kappa shape index (κ3) is 5.54. The normalized spacial score (nSPS) is 23.2. The Bertz CT molecular complexity index is 1060. The highest BCUT2D eigenvalue weighted by atomic mass is 16.2. The standard InChI is InChI=1S/C30H40N4O/c1-21(2)33(22(3)4)15-16-34(29(35)32-27-11-9-23(5)10-12-27)28-13-14-30(19-26(30)18-28)25-8-6-7-24(17-25)20-31/h6-12,17,21-22,26,28H,13-16,18-19H2,1-5H3,(H,32,35)/t26?,28-,30-/m1/s1. The molecule has 0 heterocycles. The lowest BCUT2D eigenvalue weighted by Crippen LogP contribution is -2.50. The maximum atomic E-state index is 13.6. The Labute approximate surface area is 211 Å². The SMILES string of the molecule is Cc1ccc(NC(=O)N(CCN(C(C)C)C(C)C)[C@@H]2CC[C@]3(c4cccc(C#N)c4)CC3C2)cc1. The minimum Gasteiger partial charge on any atom is -0.320 e. The summed E-state index contributed by atoms with van der Waals surface area (Å²) in [6.45, 7) is 12.6. The highest BCUT2D eigenvalue weighted by Crippen LogP contribution is 2.62. The fraction of sp³-hybridized carbons (Fsp3) is 0.533. The molecule has 35 heavy (non-hydrogen) atoms. The van der Waals surface area contributed by atoms with Crippen LogP contribution in [0.1, 0.15) is 70.1 Å². The minimum absolute atomic E-state index is 0.00550. The summed E-state index contributed by atoms with van der Waals surface area (Å²) in [5, 5.41) is 12.5. The molecule has 2 amide bonds. The zero-order chi connectivity index (χ0) is 25.2. The lowest BCUT2D eigenvalue weighted by molar-refractivity contribution is 0.120. The second-order valence-electron chi connectivity index (χ2n) is 11.1. The van der Waals surface area contributed by atoms with Gasteiger partial charge < -0.3 is 10.2 Å². The van der Waals surface area contributed by atoms with Gasteiger partial charge in [0, 0.05) is 36.9 Å². The molecule has 2 aromatic carbocycles. The second kappa shape index (κ2) is 10.4. The fourth-order valence-electron chi connectivity index (χ4n) is 6.16. The fourth-order valence-corrected chi connectivity index (χ4v) is 6.16. The molecule has 5 nitrogen and oxygen atoms in total. The number of benzene rings is 2. The summed E-state index contributed by atoms with van der Waals surface area (Å²) in [6.07, 6.45) is 4.26. The van der Waals surface area contributed by atoms with Crippen molar-refractivity contribution in [2.24, 2.45) is 5.92 Å². The van der Waals surface area contributed by atoms with E-state index >= 15 is 0 Å². The Kier molecular flexibility index (Phi) is 7.52. The van der Waals surface area contributed by atoms with Gasteiger partial charge in [-0.15, -0.1) is 0 Å². The monoisotopic (exact) mass is 472 g/mol. The summed E-state index contributed by atoms with van der Waals surface area (Å²) in [5.41, 5.74) is 4.28. The van der Waals surface area contributed by atoms with E-state index in [-0.39, 0.29) is 17.5 Å². The number of hydrogen-bond acceptors (Lipinski definition) is 3. The number of fused-ring (bicyclic) bond motifs is 1. The third-order valence-corrected chi connectivity index (χ3v) is 8.21. The predicted molar refractivity (Wildman–Crippen MR) is 142 cm³/mol. The van der Waals surface area contributed by atoms with Crippen LogP contribution in [0, 0.1) is 24.2 Å². The molecule has 2 saturated carbocycles. The van der Waals surface area contributed by atoms with Crippen LogP contribution in [0.4, 0.5) is 10.5 Å². The van der Waals surface area contributed by atoms with Gasteiger partial charge >= 0.3 is 6.03 Å². The van der Waals surface area contributed by atoms with Crippen LogP contribution >= 0.6 is 0 Å². The minimum atomic E-state index is 0.00550. The molecule has 2 aromatic rings. The molecule has 1 N–H and O–H groups in total. The molecule has 3 atom stereocenters. The topological polar surface area (TPSA) is 59.4 Å². The number of aryl methyl sites for hydroxylation is 1. The molecule has 186 valence electrons. The number of hydrogen-bond donors (Lipinski definition) is 1. The Balaban J connectivity index is 1.49. The average molecular weight is 473 g/mol. The molecule has 2 fully saturated rings. The van der Waals surface area contributed by atoms with E-state index < -0.39 is 0 Å². The van der Waals surface area contributed by atoms with Gasteiger partial charge in [-0.05, 0) is 101 Å². The Hall–Kier alpha value is -2.84. The maximum Gasteiger partial charge on any atom is 0.322 e. The molecular formula is C30H40N4O. The van der Waals surface area contributed by atoms with Crippen molar-refractivity contribution in [1.82, 2.24) is 9.80 Å². The molecule has 0 saturated heterocycles. The van der Waals surface area contributed by atoms with Crippen LogP contribution in [0.5, 0.6) is 0 Å². The summed E-state index contributed by atoms with van der Waals surface area (Å²) in [7, 11) is 0. The van der Waals surface area contributed by atoms with Crippen LogP contribution in [0.15, 0.2) is 48.5 Å². The molecule has 2 aliphatic rings. The lowest BCUT2D eigenvalue weighted by Gasteiger charge is -2.39. The predicted octanol–water partition coefficient (Wildman–Crippen LogP) is 6.33. The summed E-state index contributed by atoms with van der Waals surface area (Å²) < 4.78 is 0. The maximum absolute atomic E-state index is 13.6. The van der Waals surface area contributed by atoms with E-state index in [1.54, 1.807) is 0 Å². The molecule has 0 aromatic heterocycles. The van der Waals surface area contributed by atoms with Gasteiger partial charge in [0.25, 0.3) is 0 Å². The van der Waals surface area contributed by atoms with Gasteiger partial charge in [0.2, 0.25) is 0 Å². The summed E-state index contributed by atoms with van der Waals surface area (Å²) >= 11 is 0. The molecule has 0 bridgehead atoms. The van der Waals surface area contributed by atoms with Crippen LogP contribution < -0.4 is 5.32 Å². The van der Waals surface area contributed by atoms with Gasteiger partial charge in [-0.25, -0.2) is 4.79 Å². The summed E-state index contributed by atoms with van der Waals surface area (Å²) in [6, 6.07) is 19.6. The van der Waals surface area contributed by atoms with Gasteiger partial charge in [-0.2, -0.15) is 5.26 Å². The van der Waals surface area contributed by atoms with Gasteiger partial charge in [0.05, 0.1) is 11.6 Å². The molecule has 0 spiro atoms. The second-order valence-corrected chi connectivity index (χ2v) is 11.1. The average Bonchev–Trinajstić information content (AvgIpc) is 3.58. The Morgan fingerprint density at radius 2 is 1.83 bits per heavy atom. The first kappa shape index (κ1) is 25.3. The van der Waals surface area contributed by atoms with E-state index in [1.165, 1.54) is 11.1 Å². The van der Waals surface area contributed by atoms with Crippen molar-refractivity contribution in [3.8, 4) is 6.07 Å². The number of anilines is 1. The van der Waals surface area contributed by atoms with Crippen LogP contribution in [0.2, 0.25) is 0 Å². The molecule has 1 unspecified atom stereocenters. The first-order chi connectivity index (χ1) is 16.7. The largest absolute Gasteiger partial charge is 0.322 e. The molecule has 4 rings (SSSR count). The van der Waals surface area contributed by atoms with Crippen LogP contribution in [-0.4, -0.2) is 47.0 Å². The third-order valence-electron chi connectivity index (χ3n) is 8.21. The molecule has 2 aliphatic carbocycles. The smallest absolute Gasteiger partial charge is 0.320 e. The van der Waals surface area contributed by atoms with Crippen molar-refractivity contribution >= 4 is 11.7 Å². The number of amides is 2. The number of nitrogens with one attached hydrogen (secondary N) is 1. The van der Waals surface area contributed by atoms with Crippen LogP contribution in [0.25, 0.3) is 0 Å². The van der Waals surface area contributed by atoms with Crippen molar-refractivity contribution in [2.45, 2.75) is 83.8 Å². The van der Waals surface area contributed by atoms with Crippen LogP contribution in [0.3, 0.4) is 0 Å². The van der Waals surface area contributed by atoms with Crippen molar-refractivity contribution < 1.29 is 4.79 Å². The number of nitrogens with zero attached hydrogens (tertiary/aromatic N) is 3. The first-order valence-electron chi connectivity index (χ1n) is 13.1. The highest BCUT2D eigenvalue weighted by molar-refractivity contribution is 5.89. The van der Waals surface area contributed by atoms with Crippen molar-refractivity contribution in [3.05, 3.63) is 65.2 Å². The van der Waals surface area contributed by atoms with E-state index in [0.717, 1.165) is 50.0 Å². The van der Waals surface area contributed by atoms with E-state index in [0.29, 0.717) is 18.0 Å². The van der Waals surface area contributed by atoms with Crippen molar-refractivity contribution in [2.75, 3.05) is 18.4 Å². The van der Waals surface area contributed by atoms with Gasteiger partial charge in [-0.3, -0.25) is 4.90 Å². The zero-order valence-corrected chi connectivity index (χ0v) is 21.9.